The van der Waals surface area contributed by atoms with Crippen LogP contribution in [0.4, 0.5) is 5.69 Å². The fraction of sp³-hybridized carbons (Fsp3) is 0.125. The number of thiocarbonyl (C=S) groups is 1. The predicted octanol–water partition coefficient (Wildman–Crippen LogP) is 4.60. The Kier molecular flexibility index (Phi) is 4.37. The van der Waals surface area contributed by atoms with Gasteiger partial charge in [0.05, 0.1) is 17.1 Å². The van der Waals surface area contributed by atoms with Crippen LogP contribution < -0.4 is 10.2 Å². The number of amides is 1. The van der Waals surface area contributed by atoms with E-state index in [0.29, 0.717) is 5.11 Å². The first-order valence-corrected chi connectivity index (χ1v) is 10.2. The van der Waals surface area contributed by atoms with E-state index in [1.165, 1.54) is 0 Å². The number of rotatable bonds is 3. The predicted molar refractivity (Wildman–Crippen MR) is 123 cm³/mol. The highest BCUT2D eigenvalue weighted by Crippen LogP contribution is 2.34. The van der Waals surface area contributed by atoms with Gasteiger partial charge in [-0.1, -0.05) is 54.6 Å². The number of nitrogens with one attached hydrogen (secondary N) is 1. The van der Waals surface area contributed by atoms with Gasteiger partial charge in [0.15, 0.2) is 5.11 Å². The third-order valence-corrected chi connectivity index (χ3v) is 5.88. The summed E-state index contributed by atoms with van der Waals surface area (Å²) in [5, 5.41) is 10.4. The van der Waals surface area contributed by atoms with Crippen molar-refractivity contribution in [3.8, 4) is 5.69 Å². The molecule has 1 amide bonds. The van der Waals surface area contributed by atoms with Crippen molar-refractivity contribution in [3.63, 3.8) is 0 Å². The maximum Gasteiger partial charge on any atom is 0.260 e. The van der Waals surface area contributed by atoms with Gasteiger partial charge in [0, 0.05) is 16.6 Å². The molecule has 0 unspecified atom stereocenters. The second-order valence-electron chi connectivity index (χ2n) is 7.39. The number of hydrogen-bond donors (Lipinski definition) is 1. The molecule has 5 nitrogen and oxygen atoms in total. The molecule has 3 aromatic carbocycles. The lowest BCUT2D eigenvalue weighted by molar-refractivity contribution is -0.118. The summed E-state index contributed by atoms with van der Waals surface area (Å²) >= 11 is 5.59. The first-order valence-electron chi connectivity index (χ1n) is 9.80. The van der Waals surface area contributed by atoms with Crippen molar-refractivity contribution >= 4 is 39.7 Å². The van der Waals surface area contributed by atoms with E-state index in [4.69, 9.17) is 17.3 Å². The van der Waals surface area contributed by atoms with Crippen molar-refractivity contribution in [3.05, 3.63) is 89.7 Å². The zero-order chi connectivity index (χ0) is 20.8. The van der Waals surface area contributed by atoms with Crippen molar-refractivity contribution in [1.29, 1.82) is 0 Å². The van der Waals surface area contributed by atoms with E-state index in [1.54, 1.807) is 4.90 Å². The number of aryl methyl sites for hydroxylation is 1. The minimum absolute atomic E-state index is 0.0878. The van der Waals surface area contributed by atoms with Crippen molar-refractivity contribution in [2.45, 2.75) is 19.9 Å². The van der Waals surface area contributed by atoms with Crippen LogP contribution in [0.2, 0.25) is 0 Å². The van der Waals surface area contributed by atoms with Crippen LogP contribution in [0.5, 0.6) is 0 Å². The molecule has 1 aromatic heterocycles. The lowest BCUT2D eigenvalue weighted by Crippen LogP contribution is -2.30. The summed E-state index contributed by atoms with van der Waals surface area (Å²) in [5.41, 5.74) is 4.36. The van der Waals surface area contributed by atoms with Crippen LogP contribution >= 0.6 is 12.2 Å². The lowest BCUT2D eigenvalue weighted by Gasteiger charge is -2.17. The van der Waals surface area contributed by atoms with Crippen molar-refractivity contribution in [1.82, 2.24) is 15.1 Å². The summed E-state index contributed by atoms with van der Waals surface area (Å²) in [5.74, 6) is -0.0878. The Morgan fingerprint density at radius 1 is 0.933 bits per heavy atom. The molecule has 0 bridgehead atoms. The number of fused-ring (bicyclic) bond motifs is 1. The standard InChI is InChI=1S/C24H20N4OS/c1-15-21(16(2)28(26-15)18-11-4-3-5-12-18)22-23(29)27(24(30)25-22)20-14-8-10-17-9-6-7-13-19(17)20/h3-14,22H,1-2H3,(H,25,30)/t22-/m0/s1. The molecule has 5 rings (SSSR count). The molecule has 0 radical (unpaired) electrons. The van der Waals surface area contributed by atoms with Crippen LogP contribution in [-0.2, 0) is 4.79 Å². The lowest BCUT2D eigenvalue weighted by atomic mass is 10.0. The molecule has 1 saturated heterocycles. The van der Waals surface area contributed by atoms with Gasteiger partial charge in [-0.15, -0.1) is 0 Å². The molecule has 30 heavy (non-hydrogen) atoms. The Bertz CT molecular complexity index is 1290. The Hall–Kier alpha value is -3.51. The number of carbonyl (C=O) groups is 1. The van der Waals surface area contributed by atoms with Crippen LogP contribution in [0.15, 0.2) is 72.8 Å². The Balaban J connectivity index is 1.58. The maximum atomic E-state index is 13.5. The number of para-hydroxylation sites is 1. The van der Waals surface area contributed by atoms with Crippen molar-refractivity contribution in [2.24, 2.45) is 0 Å². The molecular formula is C24H20N4OS. The molecule has 4 aromatic rings. The Morgan fingerprint density at radius 3 is 2.43 bits per heavy atom. The van der Waals surface area contributed by atoms with Gasteiger partial charge in [-0.3, -0.25) is 9.69 Å². The zero-order valence-electron chi connectivity index (χ0n) is 16.7. The van der Waals surface area contributed by atoms with Crippen LogP contribution in [0, 0.1) is 13.8 Å². The number of benzene rings is 3. The average molecular weight is 413 g/mol. The number of carbonyl (C=O) groups excluding carboxylic acids is 1. The van der Waals surface area contributed by atoms with E-state index in [0.717, 1.165) is 39.1 Å². The quantitative estimate of drug-likeness (QED) is 0.500. The summed E-state index contributed by atoms with van der Waals surface area (Å²) in [6.45, 7) is 3.92. The first kappa shape index (κ1) is 18.5. The molecule has 2 heterocycles. The third-order valence-electron chi connectivity index (χ3n) is 5.58. The highest BCUT2D eigenvalue weighted by molar-refractivity contribution is 7.80. The van der Waals surface area contributed by atoms with Gasteiger partial charge in [0.2, 0.25) is 0 Å². The van der Waals surface area contributed by atoms with Gasteiger partial charge in [-0.25, -0.2) is 4.68 Å². The molecule has 148 valence electrons. The summed E-state index contributed by atoms with van der Waals surface area (Å²) in [7, 11) is 0. The monoisotopic (exact) mass is 412 g/mol. The number of aromatic nitrogens is 2. The number of nitrogens with zero attached hydrogens (tertiary/aromatic N) is 3. The second-order valence-corrected chi connectivity index (χ2v) is 7.77. The van der Waals surface area contributed by atoms with Gasteiger partial charge in [0.25, 0.3) is 5.91 Å². The zero-order valence-corrected chi connectivity index (χ0v) is 17.5. The minimum atomic E-state index is -0.561. The SMILES string of the molecule is Cc1nn(-c2ccccc2)c(C)c1[C@@H]1NC(=S)N(c2cccc3ccccc23)C1=O. The van der Waals surface area contributed by atoms with E-state index < -0.39 is 6.04 Å². The summed E-state index contributed by atoms with van der Waals surface area (Å²) < 4.78 is 1.88. The van der Waals surface area contributed by atoms with E-state index in [-0.39, 0.29) is 5.91 Å². The summed E-state index contributed by atoms with van der Waals surface area (Å²) in [4.78, 5) is 15.2. The third kappa shape index (κ3) is 2.80. The molecule has 1 aliphatic rings. The van der Waals surface area contributed by atoms with Gasteiger partial charge in [0.1, 0.15) is 6.04 Å². The smallest absolute Gasteiger partial charge is 0.260 e. The van der Waals surface area contributed by atoms with Gasteiger partial charge >= 0.3 is 0 Å². The van der Waals surface area contributed by atoms with Crippen molar-refractivity contribution < 1.29 is 4.79 Å². The van der Waals surface area contributed by atoms with Gasteiger partial charge in [-0.05, 0) is 49.7 Å². The van der Waals surface area contributed by atoms with E-state index in [2.05, 4.69) is 5.32 Å². The Morgan fingerprint density at radius 2 is 1.63 bits per heavy atom. The normalized spacial score (nSPS) is 16.3. The second kappa shape index (κ2) is 7.07. The topological polar surface area (TPSA) is 50.2 Å². The van der Waals surface area contributed by atoms with E-state index in [1.807, 2.05) is 91.3 Å². The van der Waals surface area contributed by atoms with Crippen LogP contribution in [0.25, 0.3) is 16.5 Å². The van der Waals surface area contributed by atoms with Crippen LogP contribution in [-0.4, -0.2) is 20.8 Å². The fourth-order valence-electron chi connectivity index (χ4n) is 4.20. The molecule has 0 spiro atoms. The van der Waals surface area contributed by atoms with E-state index >= 15 is 0 Å². The van der Waals surface area contributed by atoms with E-state index in [9.17, 15) is 4.79 Å². The van der Waals surface area contributed by atoms with Gasteiger partial charge < -0.3 is 5.32 Å². The molecule has 0 saturated carbocycles. The summed E-state index contributed by atoms with van der Waals surface area (Å²) in [6, 6.07) is 23.3. The maximum absolute atomic E-state index is 13.5. The molecule has 1 aliphatic heterocycles. The average Bonchev–Trinajstić information content (AvgIpc) is 3.22. The highest BCUT2D eigenvalue weighted by Gasteiger charge is 2.40. The molecule has 1 N–H and O–H groups in total. The molecule has 6 heteroatoms. The summed E-state index contributed by atoms with van der Waals surface area (Å²) in [6.07, 6.45) is 0. The van der Waals surface area contributed by atoms with Crippen LogP contribution in [0.3, 0.4) is 0 Å². The first-order chi connectivity index (χ1) is 14.6. The van der Waals surface area contributed by atoms with Gasteiger partial charge in [-0.2, -0.15) is 5.10 Å². The fourth-order valence-corrected chi connectivity index (χ4v) is 4.51. The number of hydrogen-bond acceptors (Lipinski definition) is 3. The highest BCUT2D eigenvalue weighted by atomic mass is 32.1. The Labute approximate surface area is 179 Å². The molecule has 0 aliphatic carbocycles. The largest absolute Gasteiger partial charge is 0.346 e. The molecule has 1 atom stereocenters. The minimum Gasteiger partial charge on any atom is -0.346 e. The molecule has 1 fully saturated rings. The number of anilines is 1. The molecular weight excluding hydrogens is 392 g/mol. The van der Waals surface area contributed by atoms with Crippen molar-refractivity contribution in [2.75, 3.05) is 4.90 Å². The van der Waals surface area contributed by atoms with Crippen LogP contribution in [0.1, 0.15) is 23.0 Å².